The lowest BCUT2D eigenvalue weighted by Gasteiger charge is -2.09. The van der Waals surface area contributed by atoms with E-state index in [0.717, 1.165) is 5.56 Å². The molecule has 0 aliphatic rings. The number of rotatable bonds is 6. The van der Waals surface area contributed by atoms with Crippen molar-refractivity contribution in [1.82, 2.24) is 5.43 Å². The largest absolute Gasteiger partial charge is 0.378 e. The van der Waals surface area contributed by atoms with E-state index in [0.29, 0.717) is 20.6 Å². The highest BCUT2D eigenvalue weighted by molar-refractivity contribution is 9.10. The van der Waals surface area contributed by atoms with Gasteiger partial charge in [0, 0.05) is 10.6 Å². The van der Waals surface area contributed by atoms with Crippen molar-refractivity contribution in [3.8, 4) is 5.75 Å². The molecule has 0 aliphatic heterocycles. The van der Waals surface area contributed by atoms with Gasteiger partial charge >= 0.3 is 10.1 Å². The lowest BCUT2D eigenvalue weighted by molar-refractivity contribution is 0.0955. The molecule has 30 heavy (non-hydrogen) atoms. The molecule has 3 rings (SSSR count). The van der Waals surface area contributed by atoms with E-state index < -0.39 is 16.0 Å². The van der Waals surface area contributed by atoms with Crippen LogP contribution in [0.4, 0.5) is 0 Å². The molecule has 3 aromatic rings. The van der Waals surface area contributed by atoms with Gasteiger partial charge in [0.1, 0.15) is 4.90 Å². The first-order valence-corrected chi connectivity index (χ1v) is 11.2. The van der Waals surface area contributed by atoms with Gasteiger partial charge in [-0.1, -0.05) is 35.4 Å². The van der Waals surface area contributed by atoms with Crippen molar-refractivity contribution in [2.24, 2.45) is 5.10 Å². The SMILES string of the molecule is Cc1ccc(S(=O)(=O)Oc2ccc(/C=N\NC(=O)c3cccc(Cl)c3)cc2Br)cc1. The Kier molecular flexibility index (Phi) is 6.91. The molecule has 0 aromatic heterocycles. The lowest BCUT2D eigenvalue weighted by atomic mass is 10.2. The molecule has 0 aliphatic carbocycles. The van der Waals surface area contributed by atoms with Crippen LogP contribution < -0.4 is 9.61 Å². The molecule has 0 unspecified atom stereocenters. The quantitative estimate of drug-likeness (QED) is 0.291. The zero-order valence-corrected chi connectivity index (χ0v) is 18.8. The number of aryl methyl sites for hydroxylation is 1. The third-order valence-electron chi connectivity index (χ3n) is 3.93. The first kappa shape index (κ1) is 22.0. The summed E-state index contributed by atoms with van der Waals surface area (Å²) >= 11 is 9.16. The van der Waals surface area contributed by atoms with Gasteiger partial charge in [-0.3, -0.25) is 4.79 Å². The first-order valence-electron chi connectivity index (χ1n) is 8.64. The molecule has 9 heteroatoms. The van der Waals surface area contributed by atoms with E-state index >= 15 is 0 Å². The van der Waals surface area contributed by atoms with Crippen LogP contribution in [-0.4, -0.2) is 20.5 Å². The van der Waals surface area contributed by atoms with Gasteiger partial charge in [0.15, 0.2) is 5.75 Å². The van der Waals surface area contributed by atoms with Crippen LogP contribution in [0.15, 0.2) is 81.2 Å². The first-order chi connectivity index (χ1) is 14.2. The Labute approximate surface area is 187 Å². The summed E-state index contributed by atoms with van der Waals surface area (Å²) in [5.74, 6) is -0.271. The topological polar surface area (TPSA) is 84.8 Å². The van der Waals surface area contributed by atoms with Crippen LogP contribution in [0, 0.1) is 6.92 Å². The zero-order valence-electron chi connectivity index (χ0n) is 15.7. The Balaban J connectivity index is 1.68. The van der Waals surface area contributed by atoms with Gasteiger partial charge in [0.2, 0.25) is 0 Å². The zero-order chi connectivity index (χ0) is 21.7. The van der Waals surface area contributed by atoms with Crippen LogP contribution in [0.1, 0.15) is 21.5 Å². The summed E-state index contributed by atoms with van der Waals surface area (Å²) in [6, 6.07) is 17.6. The summed E-state index contributed by atoms with van der Waals surface area (Å²) in [5.41, 5.74) is 4.35. The van der Waals surface area contributed by atoms with E-state index in [1.54, 1.807) is 42.5 Å². The number of benzene rings is 3. The minimum absolute atomic E-state index is 0.0642. The Hall–Kier alpha value is -2.68. The fourth-order valence-electron chi connectivity index (χ4n) is 2.40. The van der Waals surface area contributed by atoms with Crippen molar-refractivity contribution >= 4 is 49.8 Å². The second-order valence-electron chi connectivity index (χ2n) is 6.25. The number of carbonyl (C=O) groups is 1. The minimum atomic E-state index is -3.96. The Morgan fingerprint density at radius 3 is 2.50 bits per heavy atom. The molecule has 0 atom stereocenters. The summed E-state index contributed by atoms with van der Waals surface area (Å²) in [6.45, 7) is 1.87. The van der Waals surface area contributed by atoms with Crippen LogP contribution in [-0.2, 0) is 10.1 Å². The number of nitrogens with zero attached hydrogens (tertiary/aromatic N) is 1. The molecular weight excluding hydrogens is 492 g/mol. The molecule has 1 N–H and O–H groups in total. The average molecular weight is 508 g/mol. The van der Waals surface area contributed by atoms with Crippen molar-refractivity contribution < 1.29 is 17.4 Å². The molecule has 0 saturated heterocycles. The van der Waals surface area contributed by atoms with Gasteiger partial charge < -0.3 is 4.18 Å². The fraction of sp³-hybridized carbons (Fsp3) is 0.0476. The van der Waals surface area contributed by atoms with Gasteiger partial charge in [0.25, 0.3) is 5.91 Å². The summed E-state index contributed by atoms with van der Waals surface area (Å²) in [4.78, 5) is 12.1. The lowest BCUT2D eigenvalue weighted by Crippen LogP contribution is -2.17. The molecule has 0 saturated carbocycles. The molecular formula is C21H16BrClN2O4S. The van der Waals surface area contributed by atoms with Gasteiger partial charge in [-0.05, 0) is 76.9 Å². The number of nitrogens with one attached hydrogen (secondary N) is 1. The van der Waals surface area contributed by atoms with E-state index in [-0.39, 0.29) is 10.6 Å². The van der Waals surface area contributed by atoms with E-state index in [1.165, 1.54) is 30.5 Å². The van der Waals surface area contributed by atoms with E-state index in [2.05, 4.69) is 26.5 Å². The van der Waals surface area contributed by atoms with Gasteiger partial charge in [-0.15, -0.1) is 0 Å². The molecule has 0 heterocycles. The molecule has 0 fully saturated rings. The third-order valence-corrected chi connectivity index (χ3v) is 6.03. The highest BCUT2D eigenvalue weighted by atomic mass is 79.9. The number of hydrogen-bond acceptors (Lipinski definition) is 5. The second kappa shape index (κ2) is 9.42. The maximum Gasteiger partial charge on any atom is 0.339 e. The number of hydrazone groups is 1. The number of hydrogen-bond donors (Lipinski definition) is 1. The smallest absolute Gasteiger partial charge is 0.339 e. The Morgan fingerprint density at radius 2 is 1.83 bits per heavy atom. The standard InChI is InChI=1S/C21H16BrClN2O4S/c1-14-5-8-18(9-6-14)30(27,28)29-20-10-7-15(11-19(20)22)13-24-25-21(26)16-3-2-4-17(23)12-16/h2-13H,1H3,(H,25,26)/b24-13-. The summed E-state index contributed by atoms with van der Waals surface area (Å²) < 4.78 is 30.5. The van der Waals surface area contributed by atoms with Gasteiger partial charge in [-0.2, -0.15) is 13.5 Å². The molecule has 154 valence electrons. The average Bonchev–Trinajstić information content (AvgIpc) is 2.70. The summed E-state index contributed by atoms with van der Waals surface area (Å²) in [5, 5.41) is 4.35. The van der Waals surface area contributed by atoms with Crippen LogP contribution in [0.3, 0.4) is 0 Å². The Bertz CT molecular complexity index is 1210. The fourth-order valence-corrected chi connectivity index (χ4v) is 4.12. The van der Waals surface area contributed by atoms with Crippen LogP contribution in [0.2, 0.25) is 5.02 Å². The maximum absolute atomic E-state index is 12.4. The van der Waals surface area contributed by atoms with E-state index in [4.69, 9.17) is 15.8 Å². The van der Waals surface area contributed by atoms with Crippen molar-refractivity contribution in [2.75, 3.05) is 0 Å². The number of amides is 1. The number of halogens is 2. The van der Waals surface area contributed by atoms with E-state index in [1.807, 2.05) is 6.92 Å². The molecule has 3 aromatic carbocycles. The van der Waals surface area contributed by atoms with Crippen molar-refractivity contribution in [2.45, 2.75) is 11.8 Å². The predicted molar refractivity (Wildman–Crippen MR) is 120 cm³/mol. The highest BCUT2D eigenvalue weighted by Gasteiger charge is 2.18. The van der Waals surface area contributed by atoms with E-state index in [9.17, 15) is 13.2 Å². The van der Waals surface area contributed by atoms with Crippen LogP contribution in [0.25, 0.3) is 0 Å². The molecule has 0 radical (unpaired) electrons. The molecule has 1 amide bonds. The van der Waals surface area contributed by atoms with Crippen molar-refractivity contribution in [3.63, 3.8) is 0 Å². The second-order valence-corrected chi connectivity index (χ2v) is 9.09. The predicted octanol–water partition coefficient (Wildman–Crippen LogP) is 4.94. The number of carbonyl (C=O) groups excluding carboxylic acids is 1. The molecule has 0 bridgehead atoms. The maximum atomic E-state index is 12.4. The summed E-state index contributed by atoms with van der Waals surface area (Å²) in [6.07, 6.45) is 1.42. The van der Waals surface area contributed by atoms with Gasteiger partial charge in [0.05, 0.1) is 10.7 Å². The third kappa shape index (κ3) is 5.69. The Morgan fingerprint density at radius 1 is 1.10 bits per heavy atom. The minimum Gasteiger partial charge on any atom is -0.378 e. The highest BCUT2D eigenvalue weighted by Crippen LogP contribution is 2.28. The van der Waals surface area contributed by atoms with Crippen molar-refractivity contribution in [3.05, 3.63) is 92.9 Å². The van der Waals surface area contributed by atoms with Crippen molar-refractivity contribution in [1.29, 1.82) is 0 Å². The molecule has 6 nitrogen and oxygen atoms in total. The summed E-state index contributed by atoms with van der Waals surface area (Å²) in [7, 11) is -3.96. The van der Waals surface area contributed by atoms with Crippen LogP contribution >= 0.6 is 27.5 Å². The van der Waals surface area contributed by atoms with Gasteiger partial charge in [-0.25, -0.2) is 5.43 Å². The van der Waals surface area contributed by atoms with Crippen LogP contribution in [0.5, 0.6) is 5.75 Å². The normalized spacial score (nSPS) is 11.4. The molecule has 0 spiro atoms. The monoisotopic (exact) mass is 506 g/mol.